The highest BCUT2D eigenvalue weighted by atomic mass is 16.4. The number of rotatable bonds is 7. The third-order valence-corrected chi connectivity index (χ3v) is 2.49. The number of carboxylic acids is 1. The van der Waals surface area contributed by atoms with Gasteiger partial charge in [-0.2, -0.15) is 0 Å². The van der Waals surface area contributed by atoms with Crippen LogP contribution in [-0.2, 0) is 4.79 Å². The van der Waals surface area contributed by atoms with Crippen molar-refractivity contribution in [3.8, 4) is 0 Å². The summed E-state index contributed by atoms with van der Waals surface area (Å²) in [6.45, 7) is 8.86. The van der Waals surface area contributed by atoms with Gasteiger partial charge in [0.05, 0.1) is 0 Å². The molecule has 0 fully saturated rings. The summed E-state index contributed by atoms with van der Waals surface area (Å²) in [5.41, 5.74) is 0. The van der Waals surface area contributed by atoms with Gasteiger partial charge in [0.1, 0.15) is 6.04 Å². The van der Waals surface area contributed by atoms with Gasteiger partial charge in [-0.25, -0.2) is 9.59 Å². The van der Waals surface area contributed by atoms with Crippen molar-refractivity contribution in [3.63, 3.8) is 0 Å². The maximum atomic E-state index is 11.9. The summed E-state index contributed by atoms with van der Waals surface area (Å²) in [5, 5.41) is 11.6. The Kier molecular flexibility index (Phi) is 7.34. The number of hydrogen-bond donors (Lipinski definition) is 2. The predicted octanol–water partition coefficient (Wildman–Crippen LogP) is 1.93. The number of hydrogen-bond acceptors (Lipinski definition) is 2. The van der Waals surface area contributed by atoms with Crippen molar-refractivity contribution in [2.45, 2.75) is 46.6 Å². The fourth-order valence-electron chi connectivity index (χ4n) is 1.59. The van der Waals surface area contributed by atoms with Gasteiger partial charge in [-0.15, -0.1) is 0 Å². The number of carbonyl (C=O) groups is 2. The Morgan fingerprint density at radius 3 is 1.94 bits per heavy atom. The maximum absolute atomic E-state index is 11.9. The van der Waals surface area contributed by atoms with Gasteiger partial charge >= 0.3 is 12.0 Å². The van der Waals surface area contributed by atoms with Gasteiger partial charge in [-0.1, -0.05) is 27.7 Å². The van der Waals surface area contributed by atoms with E-state index in [-0.39, 0.29) is 11.9 Å². The van der Waals surface area contributed by atoms with Crippen LogP contribution in [0.15, 0.2) is 0 Å². The zero-order valence-corrected chi connectivity index (χ0v) is 11.2. The molecule has 0 aliphatic rings. The summed E-state index contributed by atoms with van der Waals surface area (Å²) < 4.78 is 0. The van der Waals surface area contributed by atoms with Crippen LogP contribution in [0.2, 0.25) is 0 Å². The van der Waals surface area contributed by atoms with Crippen LogP contribution in [0.3, 0.4) is 0 Å². The highest BCUT2D eigenvalue weighted by molar-refractivity contribution is 5.82. The van der Waals surface area contributed by atoms with Gasteiger partial charge in [-0.3, -0.25) is 0 Å². The predicted molar refractivity (Wildman–Crippen MR) is 66.9 cm³/mol. The summed E-state index contributed by atoms with van der Waals surface area (Å²) in [7, 11) is 0. The second-order valence-electron chi connectivity index (χ2n) is 4.50. The molecular formula is C12H24N2O3. The molecule has 0 heterocycles. The molecule has 0 aliphatic heterocycles. The molecule has 1 atom stereocenters. The van der Waals surface area contributed by atoms with E-state index in [0.29, 0.717) is 13.1 Å². The number of carbonyl (C=O) groups excluding carboxylic acids is 1. The first-order valence-corrected chi connectivity index (χ1v) is 6.22. The summed E-state index contributed by atoms with van der Waals surface area (Å²) in [6, 6.07) is -1.10. The molecule has 0 radical (unpaired) electrons. The third-order valence-electron chi connectivity index (χ3n) is 2.49. The largest absolute Gasteiger partial charge is 0.480 e. The van der Waals surface area contributed by atoms with Gasteiger partial charge in [0.25, 0.3) is 0 Å². The highest BCUT2D eigenvalue weighted by Gasteiger charge is 2.25. The highest BCUT2D eigenvalue weighted by Crippen LogP contribution is 2.04. The Labute approximate surface area is 103 Å². The van der Waals surface area contributed by atoms with Crippen molar-refractivity contribution < 1.29 is 14.7 Å². The lowest BCUT2D eigenvalue weighted by atomic mass is 10.1. The number of aliphatic carboxylic acids is 1. The van der Waals surface area contributed by atoms with Crippen molar-refractivity contribution >= 4 is 12.0 Å². The molecule has 0 unspecified atom stereocenters. The molecule has 2 N–H and O–H groups in total. The van der Waals surface area contributed by atoms with Crippen molar-refractivity contribution in [1.29, 1.82) is 0 Å². The zero-order chi connectivity index (χ0) is 13.4. The normalized spacial score (nSPS) is 12.3. The van der Waals surface area contributed by atoms with Crippen molar-refractivity contribution in [3.05, 3.63) is 0 Å². The number of carboxylic acid groups (broad SMARTS) is 1. The molecular weight excluding hydrogens is 220 g/mol. The first kappa shape index (κ1) is 15.7. The summed E-state index contributed by atoms with van der Waals surface area (Å²) in [4.78, 5) is 24.5. The van der Waals surface area contributed by atoms with Crippen LogP contribution in [0.5, 0.6) is 0 Å². The molecule has 0 saturated carbocycles. The second-order valence-corrected chi connectivity index (χ2v) is 4.50. The zero-order valence-electron chi connectivity index (χ0n) is 11.2. The Morgan fingerprint density at radius 2 is 1.65 bits per heavy atom. The van der Waals surface area contributed by atoms with E-state index in [4.69, 9.17) is 5.11 Å². The second kappa shape index (κ2) is 7.92. The average Bonchev–Trinajstić information content (AvgIpc) is 2.24. The van der Waals surface area contributed by atoms with E-state index in [9.17, 15) is 9.59 Å². The fraction of sp³-hybridized carbons (Fsp3) is 0.833. The summed E-state index contributed by atoms with van der Waals surface area (Å²) in [5.74, 6) is -1.11. The van der Waals surface area contributed by atoms with Crippen LogP contribution >= 0.6 is 0 Å². The lowest BCUT2D eigenvalue weighted by Crippen LogP contribution is -2.50. The van der Waals surface area contributed by atoms with Gasteiger partial charge in [0.15, 0.2) is 0 Å². The molecule has 0 bridgehead atoms. The van der Waals surface area contributed by atoms with Gasteiger partial charge < -0.3 is 15.3 Å². The monoisotopic (exact) mass is 244 g/mol. The standard InChI is InChI=1S/C12H24N2O3/c1-5-7-14(8-6-2)12(17)13-10(9(3)4)11(15)16/h9-10H,5-8H2,1-4H3,(H,13,17)(H,15,16)/t10-/m1/s1. The smallest absolute Gasteiger partial charge is 0.326 e. The lowest BCUT2D eigenvalue weighted by molar-refractivity contribution is -0.140. The average molecular weight is 244 g/mol. The van der Waals surface area contributed by atoms with Crippen LogP contribution in [0.25, 0.3) is 0 Å². The molecule has 0 aromatic rings. The molecule has 0 aliphatic carbocycles. The molecule has 0 rings (SSSR count). The number of nitrogens with zero attached hydrogens (tertiary/aromatic N) is 1. The fourth-order valence-corrected chi connectivity index (χ4v) is 1.59. The molecule has 0 aromatic heterocycles. The van der Waals surface area contributed by atoms with E-state index >= 15 is 0 Å². The lowest BCUT2D eigenvalue weighted by Gasteiger charge is -2.25. The molecule has 0 saturated heterocycles. The van der Waals surface area contributed by atoms with E-state index in [0.717, 1.165) is 12.8 Å². The van der Waals surface area contributed by atoms with E-state index < -0.39 is 12.0 Å². The van der Waals surface area contributed by atoms with Crippen molar-refractivity contribution in [1.82, 2.24) is 10.2 Å². The Hall–Kier alpha value is -1.26. The molecule has 5 heteroatoms. The first-order chi connectivity index (χ1) is 7.93. The maximum Gasteiger partial charge on any atom is 0.326 e. The summed E-state index contributed by atoms with van der Waals surface area (Å²) >= 11 is 0. The Bertz CT molecular complexity index is 248. The SMILES string of the molecule is CCCN(CCC)C(=O)N[C@@H](C(=O)O)C(C)C. The number of nitrogens with one attached hydrogen (secondary N) is 1. The molecule has 5 nitrogen and oxygen atoms in total. The molecule has 0 spiro atoms. The molecule has 100 valence electrons. The van der Waals surface area contributed by atoms with E-state index in [1.54, 1.807) is 18.7 Å². The third kappa shape index (κ3) is 5.56. The minimum Gasteiger partial charge on any atom is -0.480 e. The number of amides is 2. The van der Waals surface area contributed by atoms with Gasteiger partial charge in [0, 0.05) is 13.1 Å². The van der Waals surface area contributed by atoms with Gasteiger partial charge in [-0.05, 0) is 18.8 Å². The van der Waals surface area contributed by atoms with Crippen LogP contribution in [0.4, 0.5) is 4.79 Å². The van der Waals surface area contributed by atoms with Crippen LogP contribution < -0.4 is 5.32 Å². The van der Waals surface area contributed by atoms with Crippen molar-refractivity contribution in [2.24, 2.45) is 5.92 Å². The minimum atomic E-state index is -0.985. The van der Waals surface area contributed by atoms with E-state index in [1.807, 2.05) is 13.8 Å². The van der Waals surface area contributed by atoms with E-state index in [2.05, 4.69) is 5.32 Å². The van der Waals surface area contributed by atoms with Gasteiger partial charge in [0.2, 0.25) is 0 Å². The first-order valence-electron chi connectivity index (χ1n) is 6.22. The van der Waals surface area contributed by atoms with Crippen LogP contribution in [0, 0.1) is 5.92 Å². The quantitative estimate of drug-likeness (QED) is 0.719. The van der Waals surface area contributed by atoms with Crippen LogP contribution in [0.1, 0.15) is 40.5 Å². The molecule has 17 heavy (non-hydrogen) atoms. The number of urea groups is 1. The summed E-state index contributed by atoms with van der Waals surface area (Å²) in [6.07, 6.45) is 1.74. The minimum absolute atomic E-state index is 0.124. The topological polar surface area (TPSA) is 69.6 Å². The van der Waals surface area contributed by atoms with Crippen LogP contribution in [-0.4, -0.2) is 41.1 Å². The molecule has 0 aromatic carbocycles. The van der Waals surface area contributed by atoms with E-state index in [1.165, 1.54) is 0 Å². The Balaban J connectivity index is 4.50. The Morgan fingerprint density at radius 1 is 1.18 bits per heavy atom. The van der Waals surface area contributed by atoms with Crippen molar-refractivity contribution in [2.75, 3.05) is 13.1 Å². The molecule has 2 amide bonds.